The van der Waals surface area contributed by atoms with Crippen molar-refractivity contribution in [2.45, 2.75) is 25.2 Å². The molecule has 0 aliphatic heterocycles. The Kier molecular flexibility index (Phi) is 7.17. The Bertz CT molecular complexity index is 875. The van der Waals surface area contributed by atoms with Crippen LogP contribution in [-0.4, -0.2) is 17.5 Å². The Balaban J connectivity index is 2.53. The maximum Gasteiger partial charge on any atom is 0.306 e. The first-order valence-electron chi connectivity index (χ1n) is 8.11. The minimum Gasteiger partial charge on any atom is -0.466 e. The Morgan fingerprint density at radius 1 is 1.22 bits per heavy atom. The molecule has 2 unspecified atom stereocenters. The highest BCUT2D eigenvalue weighted by atomic mass is 35.5. The molecule has 2 atom stereocenters. The van der Waals surface area contributed by atoms with E-state index in [0.717, 1.165) is 0 Å². The van der Waals surface area contributed by atoms with Gasteiger partial charge in [0, 0.05) is 28.1 Å². The predicted molar refractivity (Wildman–Crippen MR) is 102 cm³/mol. The van der Waals surface area contributed by atoms with Crippen molar-refractivity contribution in [2.24, 2.45) is 0 Å². The third kappa shape index (κ3) is 5.43. The van der Waals surface area contributed by atoms with Gasteiger partial charge in [0.15, 0.2) is 0 Å². The second kappa shape index (κ2) is 9.36. The Labute approximate surface area is 166 Å². The summed E-state index contributed by atoms with van der Waals surface area (Å²) in [6.45, 7) is 1.87. The SMILES string of the molecule is CCOC(=O)CC(c1cccc([N+](=O)[O-])c1)C(C#N)c1cc(Cl)cc(Cl)c1. The van der Waals surface area contributed by atoms with Crippen LogP contribution in [0.4, 0.5) is 5.69 Å². The summed E-state index contributed by atoms with van der Waals surface area (Å²) in [6, 6.07) is 12.8. The van der Waals surface area contributed by atoms with Gasteiger partial charge < -0.3 is 4.74 Å². The van der Waals surface area contributed by atoms with Crippen LogP contribution in [0, 0.1) is 21.4 Å². The molecular weight excluding hydrogens is 391 g/mol. The van der Waals surface area contributed by atoms with E-state index >= 15 is 0 Å². The van der Waals surface area contributed by atoms with Gasteiger partial charge in [0.1, 0.15) is 0 Å². The smallest absolute Gasteiger partial charge is 0.306 e. The first-order chi connectivity index (χ1) is 12.8. The van der Waals surface area contributed by atoms with Gasteiger partial charge in [-0.1, -0.05) is 35.3 Å². The topological polar surface area (TPSA) is 93.2 Å². The highest BCUT2D eigenvalue weighted by Crippen LogP contribution is 2.38. The van der Waals surface area contributed by atoms with Crippen molar-refractivity contribution >= 4 is 34.9 Å². The summed E-state index contributed by atoms with van der Waals surface area (Å²) in [6.07, 6.45) is -0.114. The number of carbonyl (C=O) groups excluding carboxylic acids is 1. The fraction of sp³-hybridized carbons (Fsp3) is 0.263. The van der Waals surface area contributed by atoms with E-state index in [1.165, 1.54) is 24.3 Å². The number of rotatable bonds is 7. The largest absolute Gasteiger partial charge is 0.466 e. The van der Waals surface area contributed by atoms with Gasteiger partial charge in [-0.3, -0.25) is 14.9 Å². The van der Waals surface area contributed by atoms with Crippen LogP contribution in [0.25, 0.3) is 0 Å². The second-order valence-corrected chi connectivity index (χ2v) is 6.65. The maximum atomic E-state index is 12.1. The van der Waals surface area contributed by atoms with Gasteiger partial charge in [-0.2, -0.15) is 5.26 Å². The van der Waals surface area contributed by atoms with E-state index in [0.29, 0.717) is 21.2 Å². The predicted octanol–water partition coefficient (Wildman–Crippen LogP) is 5.25. The summed E-state index contributed by atoms with van der Waals surface area (Å²) in [5.74, 6) is -1.96. The zero-order chi connectivity index (χ0) is 20.0. The summed E-state index contributed by atoms with van der Waals surface area (Å²) >= 11 is 12.1. The number of nitrogens with zero attached hydrogens (tertiary/aromatic N) is 2. The zero-order valence-electron chi connectivity index (χ0n) is 14.4. The Morgan fingerprint density at radius 3 is 2.44 bits per heavy atom. The summed E-state index contributed by atoms with van der Waals surface area (Å²) < 4.78 is 5.02. The van der Waals surface area contributed by atoms with Crippen LogP contribution in [0.2, 0.25) is 10.0 Å². The van der Waals surface area contributed by atoms with Crippen LogP contribution in [0.5, 0.6) is 0 Å². The molecule has 8 heteroatoms. The zero-order valence-corrected chi connectivity index (χ0v) is 15.9. The van der Waals surface area contributed by atoms with Gasteiger partial charge in [-0.25, -0.2) is 0 Å². The van der Waals surface area contributed by atoms with E-state index in [1.54, 1.807) is 25.1 Å². The van der Waals surface area contributed by atoms with Gasteiger partial charge in [0.25, 0.3) is 5.69 Å². The summed E-state index contributed by atoms with van der Waals surface area (Å²) in [5.41, 5.74) is 0.887. The average Bonchev–Trinajstić information content (AvgIpc) is 2.61. The number of hydrogen-bond donors (Lipinski definition) is 0. The maximum absolute atomic E-state index is 12.1. The molecule has 0 heterocycles. The van der Waals surface area contributed by atoms with E-state index in [1.807, 2.05) is 0 Å². The molecule has 140 valence electrons. The van der Waals surface area contributed by atoms with Crippen LogP contribution in [0.3, 0.4) is 0 Å². The molecule has 0 amide bonds. The van der Waals surface area contributed by atoms with Gasteiger partial charge in [0.2, 0.25) is 0 Å². The van der Waals surface area contributed by atoms with Crippen LogP contribution in [0.1, 0.15) is 36.3 Å². The lowest BCUT2D eigenvalue weighted by Crippen LogP contribution is -2.17. The van der Waals surface area contributed by atoms with E-state index in [-0.39, 0.29) is 18.7 Å². The molecule has 6 nitrogen and oxygen atoms in total. The first kappa shape index (κ1) is 20.7. The standard InChI is InChI=1S/C19H16Cl2N2O4/c1-2-27-19(24)10-17(12-4-3-5-16(8-12)23(25)26)18(11-22)13-6-14(20)9-15(21)7-13/h3-9,17-18H,2,10H2,1H3. The van der Waals surface area contributed by atoms with Crippen LogP contribution in [-0.2, 0) is 9.53 Å². The van der Waals surface area contributed by atoms with E-state index in [9.17, 15) is 20.2 Å². The third-order valence-corrected chi connectivity index (χ3v) is 4.42. The Morgan fingerprint density at radius 2 is 1.89 bits per heavy atom. The number of carbonyl (C=O) groups is 1. The van der Waals surface area contributed by atoms with Crippen LogP contribution in [0.15, 0.2) is 42.5 Å². The highest BCUT2D eigenvalue weighted by molar-refractivity contribution is 6.34. The fourth-order valence-corrected chi connectivity index (χ4v) is 3.39. The molecule has 0 bridgehead atoms. The fourth-order valence-electron chi connectivity index (χ4n) is 2.85. The molecule has 0 fully saturated rings. The number of nitro benzene ring substituents is 1. The molecule has 0 aromatic heterocycles. The molecule has 27 heavy (non-hydrogen) atoms. The number of nitro groups is 1. The molecule has 2 rings (SSSR count). The molecule has 0 saturated carbocycles. The van der Waals surface area contributed by atoms with E-state index < -0.39 is 22.7 Å². The number of hydrogen-bond acceptors (Lipinski definition) is 5. The Hall–Kier alpha value is -2.62. The first-order valence-corrected chi connectivity index (χ1v) is 8.86. The van der Waals surface area contributed by atoms with Gasteiger partial charge >= 0.3 is 5.97 Å². The minimum atomic E-state index is -0.799. The summed E-state index contributed by atoms with van der Waals surface area (Å²) in [4.78, 5) is 22.7. The quantitative estimate of drug-likeness (QED) is 0.355. The van der Waals surface area contributed by atoms with Crippen molar-refractivity contribution in [1.29, 1.82) is 5.26 Å². The number of nitriles is 1. The second-order valence-electron chi connectivity index (χ2n) is 5.78. The third-order valence-electron chi connectivity index (χ3n) is 3.99. The number of halogens is 2. The van der Waals surface area contributed by atoms with Crippen molar-refractivity contribution in [3.8, 4) is 6.07 Å². The highest BCUT2D eigenvalue weighted by Gasteiger charge is 2.29. The van der Waals surface area contributed by atoms with Crippen molar-refractivity contribution in [2.75, 3.05) is 6.61 Å². The van der Waals surface area contributed by atoms with Crippen molar-refractivity contribution in [3.05, 3.63) is 73.8 Å². The number of benzene rings is 2. The van der Waals surface area contributed by atoms with Gasteiger partial charge in [0.05, 0.1) is 29.9 Å². The van der Waals surface area contributed by atoms with Gasteiger partial charge in [-0.05, 0) is 36.2 Å². The lowest BCUT2D eigenvalue weighted by Gasteiger charge is -2.22. The normalized spacial score (nSPS) is 12.7. The molecular formula is C19H16Cl2N2O4. The minimum absolute atomic E-state index is 0.114. The lowest BCUT2D eigenvalue weighted by atomic mass is 9.80. The number of esters is 1. The summed E-state index contributed by atoms with van der Waals surface area (Å²) in [7, 11) is 0. The lowest BCUT2D eigenvalue weighted by molar-refractivity contribution is -0.384. The van der Waals surface area contributed by atoms with Gasteiger partial charge in [-0.15, -0.1) is 0 Å². The molecule has 0 N–H and O–H groups in total. The van der Waals surface area contributed by atoms with Crippen LogP contribution >= 0.6 is 23.2 Å². The molecule has 0 aliphatic rings. The monoisotopic (exact) mass is 406 g/mol. The van der Waals surface area contributed by atoms with Crippen molar-refractivity contribution < 1.29 is 14.5 Å². The molecule has 2 aromatic carbocycles. The average molecular weight is 407 g/mol. The number of non-ortho nitro benzene ring substituents is 1. The molecule has 2 aromatic rings. The van der Waals surface area contributed by atoms with E-state index in [4.69, 9.17) is 27.9 Å². The molecule has 0 spiro atoms. The molecule has 0 saturated heterocycles. The molecule has 0 radical (unpaired) electrons. The molecule has 0 aliphatic carbocycles. The van der Waals surface area contributed by atoms with Crippen LogP contribution < -0.4 is 0 Å². The summed E-state index contributed by atoms with van der Waals surface area (Å²) in [5, 5.41) is 21.6. The van der Waals surface area contributed by atoms with Crippen molar-refractivity contribution in [1.82, 2.24) is 0 Å². The van der Waals surface area contributed by atoms with Crippen molar-refractivity contribution in [3.63, 3.8) is 0 Å². The van der Waals surface area contributed by atoms with E-state index in [2.05, 4.69) is 6.07 Å². The number of ether oxygens (including phenoxy) is 1.